The minimum Gasteiger partial charge on any atom is -0.454 e. The lowest BCUT2D eigenvalue weighted by Gasteiger charge is -2.06. The van der Waals surface area contributed by atoms with Gasteiger partial charge in [0.05, 0.1) is 6.10 Å². The topological polar surface area (TPSA) is 38.7 Å². The van der Waals surface area contributed by atoms with Crippen LogP contribution in [0.4, 0.5) is 0 Å². The molecule has 0 fully saturated rings. The number of ether oxygens (including phenoxy) is 2. The molecule has 0 amide bonds. The highest BCUT2D eigenvalue weighted by molar-refractivity contribution is 5.48. The largest absolute Gasteiger partial charge is 0.454 e. The maximum absolute atomic E-state index is 9.24. The molecule has 0 bridgehead atoms. The van der Waals surface area contributed by atoms with Crippen molar-refractivity contribution in [3.8, 4) is 11.5 Å². The first-order valence-electron chi connectivity index (χ1n) is 4.33. The van der Waals surface area contributed by atoms with E-state index in [1.807, 2.05) is 18.2 Å². The van der Waals surface area contributed by atoms with Gasteiger partial charge in [-0.3, -0.25) is 0 Å². The predicted octanol–water partition coefficient (Wildman–Crippen LogP) is 1.34. The summed E-state index contributed by atoms with van der Waals surface area (Å²) in [5.74, 6) is 1.56. The lowest BCUT2D eigenvalue weighted by Crippen LogP contribution is -2.05. The van der Waals surface area contributed by atoms with Gasteiger partial charge in [0.15, 0.2) is 11.5 Å². The molecule has 0 aromatic heterocycles. The van der Waals surface area contributed by atoms with Crippen LogP contribution in [-0.2, 0) is 6.42 Å². The van der Waals surface area contributed by atoms with Crippen molar-refractivity contribution in [3.63, 3.8) is 0 Å². The van der Waals surface area contributed by atoms with Gasteiger partial charge in [0.2, 0.25) is 6.79 Å². The minimum absolute atomic E-state index is 0.284. The maximum atomic E-state index is 9.24. The number of hydrogen-bond donors (Lipinski definition) is 1. The van der Waals surface area contributed by atoms with Gasteiger partial charge in [0.25, 0.3) is 0 Å². The first kappa shape index (κ1) is 8.38. The molecular formula is C10H12O3. The fraction of sp³-hybridized carbons (Fsp3) is 0.400. The van der Waals surface area contributed by atoms with Gasteiger partial charge in [0.1, 0.15) is 0 Å². The third-order valence-electron chi connectivity index (χ3n) is 1.99. The zero-order chi connectivity index (χ0) is 9.26. The van der Waals surface area contributed by atoms with Crippen LogP contribution in [0.1, 0.15) is 12.5 Å². The average molecular weight is 180 g/mol. The Bertz CT molecular complexity index is 307. The molecule has 1 N–H and O–H groups in total. The molecule has 1 aromatic rings. The van der Waals surface area contributed by atoms with Crippen LogP contribution in [0.15, 0.2) is 18.2 Å². The van der Waals surface area contributed by atoms with Crippen LogP contribution >= 0.6 is 0 Å². The van der Waals surface area contributed by atoms with Gasteiger partial charge >= 0.3 is 0 Å². The van der Waals surface area contributed by atoms with Gasteiger partial charge in [-0.25, -0.2) is 0 Å². The summed E-state index contributed by atoms with van der Waals surface area (Å²) in [5, 5.41) is 9.24. The van der Waals surface area contributed by atoms with Gasteiger partial charge in [-0.05, 0) is 13.0 Å². The number of hydrogen-bond acceptors (Lipinski definition) is 3. The van der Waals surface area contributed by atoms with Crippen molar-refractivity contribution in [3.05, 3.63) is 23.8 Å². The van der Waals surface area contributed by atoms with E-state index in [4.69, 9.17) is 9.47 Å². The van der Waals surface area contributed by atoms with E-state index in [1.54, 1.807) is 6.92 Å². The van der Waals surface area contributed by atoms with Gasteiger partial charge in [-0.2, -0.15) is 0 Å². The molecule has 2 rings (SSSR count). The van der Waals surface area contributed by atoms with Gasteiger partial charge in [-0.15, -0.1) is 0 Å². The van der Waals surface area contributed by atoms with E-state index in [0.717, 1.165) is 17.1 Å². The molecule has 0 saturated carbocycles. The standard InChI is InChI=1S/C10H12O3/c1-7(11)5-8-3-2-4-9-10(8)13-6-12-9/h2-4,7,11H,5-6H2,1H3. The van der Waals surface area contributed by atoms with Crippen molar-refractivity contribution in [1.82, 2.24) is 0 Å². The molecule has 1 aromatic carbocycles. The van der Waals surface area contributed by atoms with E-state index >= 15 is 0 Å². The molecule has 0 spiro atoms. The second-order valence-electron chi connectivity index (χ2n) is 3.20. The quantitative estimate of drug-likeness (QED) is 0.746. The fourth-order valence-electron chi connectivity index (χ4n) is 1.47. The van der Waals surface area contributed by atoms with Crippen molar-refractivity contribution < 1.29 is 14.6 Å². The van der Waals surface area contributed by atoms with E-state index in [2.05, 4.69) is 0 Å². The average Bonchev–Trinajstić information content (AvgIpc) is 2.51. The lowest BCUT2D eigenvalue weighted by atomic mass is 10.1. The van der Waals surface area contributed by atoms with Crippen molar-refractivity contribution in [2.45, 2.75) is 19.4 Å². The van der Waals surface area contributed by atoms with E-state index in [9.17, 15) is 5.11 Å². The van der Waals surface area contributed by atoms with Crippen LogP contribution in [0.3, 0.4) is 0 Å². The summed E-state index contributed by atoms with van der Waals surface area (Å²) in [4.78, 5) is 0. The third-order valence-corrected chi connectivity index (χ3v) is 1.99. The Labute approximate surface area is 76.9 Å². The van der Waals surface area contributed by atoms with E-state index in [1.165, 1.54) is 0 Å². The SMILES string of the molecule is CC(O)Cc1cccc2c1OCO2. The monoisotopic (exact) mass is 180 g/mol. The van der Waals surface area contributed by atoms with E-state index < -0.39 is 0 Å². The molecule has 3 nitrogen and oxygen atoms in total. The van der Waals surface area contributed by atoms with E-state index in [-0.39, 0.29) is 12.9 Å². The van der Waals surface area contributed by atoms with Crippen molar-refractivity contribution in [1.29, 1.82) is 0 Å². The number of aliphatic hydroxyl groups excluding tert-OH is 1. The van der Waals surface area contributed by atoms with Crippen LogP contribution in [0.5, 0.6) is 11.5 Å². The first-order chi connectivity index (χ1) is 6.27. The second-order valence-corrected chi connectivity index (χ2v) is 3.20. The molecule has 70 valence electrons. The Morgan fingerprint density at radius 2 is 2.31 bits per heavy atom. The molecule has 1 aliphatic heterocycles. The molecule has 0 radical (unpaired) electrons. The summed E-state index contributed by atoms with van der Waals surface area (Å²) in [6, 6.07) is 5.72. The van der Waals surface area contributed by atoms with Crippen molar-refractivity contribution >= 4 is 0 Å². The zero-order valence-electron chi connectivity index (χ0n) is 7.49. The Balaban J connectivity index is 2.30. The van der Waals surface area contributed by atoms with Gasteiger partial charge < -0.3 is 14.6 Å². The minimum atomic E-state index is -0.351. The summed E-state index contributed by atoms with van der Waals surface area (Å²) < 4.78 is 10.5. The number of aliphatic hydroxyl groups is 1. The molecule has 1 unspecified atom stereocenters. The Kier molecular flexibility index (Phi) is 2.10. The molecule has 3 heteroatoms. The Morgan fingerprint density at radius 3 is 3.08 bits per heavy atom. The van der Waals surface area contributed by atoms with Gasteiger partial charge in [-0.1, -0.05) is 12.1 Å². The highest BCUT2D eigenvalue weighted by atomic mass is 16.7. The first-order valence-corrected chi connectivity index (χ1v) is 4.33. The summed E-state index contributed by atoms with van der Waals surface area (Å²) in [6.45, 7) is 2.04. The number of para-hydroxylation sites is 1. The summed E-state index contributed by atoms with van der Waals surface area (Å²) in [6.07, 6.45) is 0.252. The van der Waals surface area contributed by atoms with Crippen LogP contribution in [0.25, 0.3) is 0 Å². The summed E-state index contributed by atoms with van der Waals surface area (Å²) in [7, 11) is 0. The number of benzene rings is 1. The maximum Gasteiger partial charge on any atom is 0.231 e. The Hall–Kier alpha value is -1.22. The third kappa shape index (κ3) is 1.60. The second kappa shape index (κ2) is 3.26. The van der Waals surface area contributed by atoms with Crippen molar-refractivity contribution in [2.24, 2.45) is 0 Å². The summed E-state index contributed by atoms with van der Waals surface area (Å²) in [5.41, 5.74) is 1.00. The summed E-state index contributed by atoms with van der Waals surface area (Å²) >= 11 is 0. The fourth-order valence-corrected chi connectivity index (χ4v) is 1.47. The van der Waals surface area contributed by atoms with Crippen LogP contribution in [0, 0.1) is 0 Å². The van der Waals surface area contributed by atoms with Crippen LogP contribution in [-0.4, -0.2) is 18.0 Å². The molecule has 1 heterocycles. The smallest absolute Gasteiger partial charge is 0.231 e. The van der Waals surface area contributed by atoms with Crippen molar-refractivity contribution in [2.75, 3.05) is 6.79 Å². The molecule has 0 aliphatic carbocycles. The molecule has 1 atom stereocenters. The highest BCUT2D eigenvalue weighted by Gasteiger charge is 2.17. The zero-order valence-corrected chi connectivity index (χ0v) is 7.49. The number of fused-ring (bicyclic) bond motifs is 1. The van der Waals surface area contributed by atoms with Crippen LogP contribution in [0.2, 0.25) is 0 Å². The molecular weight excluding hydrogens is 168 g/mol. The normalized spacial score (nSPS) is 15.8. The van der Waals surface area contributed by atoms with Gasteiger partial charge in [0, 0.05) is 12.0 Å². The molecule has 0 saturated heterocycles. The number of rotatable bonds is 2. The molecule has 13 heavy (non-hydrogen) atoms. The Morgan fingerprint density at radius 1 is 1.46 bits per heavy atom. The van der Waals surface area contributed by atoms with E-state index in [0.29, 0.717) is 6.42 Å². The predicted molar refractivity (Wildman–Crippen MR) is 47.9 cm³/mol. The van der Waals surface area contributed by atoms with Crippen LogP contribution < -0.4 is 9.47 Å². The lowest BCUT2D eigenvalue weighted by molar-refractivity contribution is 0.170. The molecule has 1 aliphatic rings. The highest BCUT2D eigenvalue weighted by Crippen LogP contribution is 2.35.